The Labute approximate surface area is 70.9 Å². The molecule has 2 rings (SSSR count). The van der Waals surface area contributed by atoms with Crippen molar-refractivity contribution in [1.82, 2.24) is 5.32 Å². The molecule has 0 aromatic carbocycles. The summed E-state index contributed by atoms with van der Waals surface area (Å²) in [6.45, 7) is 1.67. The molecule has 4 atom stereocenters. The van der Waals surface area contributed by atoms with Gasteiger partial charge in [-0.25, -0.2) is 0 Å². The summed E-state index contributed by atoms with van der Waals surface area (Å²) in [5, 5.41) is 11.7. The number of hydrogen-bond donors (Lipinski definition) is 2. The Morgan fingerprint density at radius 2 is 2.42 bits per heavy atom. The van der Waals surface area contributed by atoms with Gasteiger partial charge >= 0.3 is 0 Å². The van der Waals surface area contributed by atoms with Crippen LogP contribution in [0.25, 0.3) is 0 Å². The monoisotopic (exact) mass is 171 g/mol. The zero-order chi connectivity index (χ0) is 8.72. The molecule has 1 saturated carbocycles. The van der Waals surface area contributed by atoms with Crippen LogP contribution in [-0.2, 0) is 9.53 Å². The van der Waals surface area contributed by atoms with Gasteiger partial charge in [-0.15, -0.1) is 0 Å². The average molecular weight is 171 g/mol. The summed E-state index contributed by atoms with van der Waals surface area (Å²) in [4.78, 5) is 10.7. The number of aliphatic hydroxyl groups excluding tert-OH is 1. The van der Waals surface area contributed by atoms with Gasteiger partial charge < -0.3 is 15.2 Å². The quantitative estimate of drug-likeness (QED) is 0.538. The number of rotatable bonds is 2. The Kier molecular flexibility index (Phi) is 1.81. The van der Waals surface area contributed by atoms with Crippen molar-refractivity contribution < 1.29 is 14.6 Å². The third-order valence-electron chi connectivity index (χ3n) is 2.60. The maximum Gasteiger partial charge on any atom is 0.217 e. The van der Waals surface area contributed by atoms with Crippen molar-refractivity contribution in [3.05, 3.63) is 0 Å². The zero-order valence-corrected chi connectivity index (χ0v) is 6.99. The lowest BCUT2D eigenvalue weighted by molar-refractivity contribution is -0.119. The van der Waals surface area contributed by atoms with Gasteiger partial charge in [-0.2, -0.15) is 0 Å². The largest absolute Gasteiger partial charge is 0.396 e. The van der Waals surface area contributed by atoms with E-state index in [1.54, 1.807) is 0 Å². The topological polar surface area (TPSA) is 61.9 Å². The van der Waals surface area contributed by atoms with Gasteiger partial charge in [0, 0.05) is 19.4 Å². The molecule has 1 amide bonds. The number of nitrogens with one attached hydrogen (secondary N) is 1. The van der Waals surface area contributed by atoms with Crippen molar-refractivity contribution in [3.8, 4) is 0 Å². The molecule has 0 spiro atoms. The summed E-state index contributed by atoms with van der Waals surface area (Å²) in [5.41, 5.74) is 0. The number of amides is 1. The van der Waals surface area contributed by atoms with Crippen LogP contribution in [-0.4, -0.2) is 35.9 Å². The average Bonchev–Trinajstić information content (AvgIpc) is 2.71. The summed E-state index contributed by atoms with van der Waals surface area (Å²) in [7, 11) is 0. The summed E-state index contributed by atoms with van der Waals surface area (Å²) in [6.07, 6.45) is 1.23. The van der Waals surface area contributed by atoms with E-state index in [1.165, 1.54) is 6.92 Å². The maximum absolute atomic E-state index is 10.7. The van der Waals surface area contributed by atoms with Crippen molar-refractivity contribution in [3.63, 3.8) is 0 Å². The van der Waals surface area contributed by atoms with Crippen molar-refractivity contribution in [1.29, 1.82) is 0 Å². The molecule has 1 saturated heterocycles. The predicted molar refractivity (Wildman–Crippen MR) is 41.5 cm³/mol. The molecule has 2 N–H and O–H groups in total. The van der Waals surface area contributed by atoms with Crippen LogP contribution in [0.4, 0.5) is 0 Å². The first-order valence-corrected chi connectivity index (χ1v) is 4.26. The summed E-state index contributed by atoms with van der Waals surface area (Å²) < 4.78 is 5.30. The first-order valence-electron chi connectivity index (χ1n) is 4.26. The van der Waals surface area contributed by atoms with Crippen molar-refractivity contribution in [2.75, 3.05) is 6.61 Å². The van der Waals surface area contributed by atoms with Crippen LogP contribution >= 0.6 is 0 Å². The molecule has 2 aliphatic rings. The maximum atomic E-state index is 10.7. The van der Waals surface area contributed by atoms with Gasteiger partial charge in [0.05, 0.1) is 12.1 Å². The van der Waals surface area contributed by atoms with E-state index in [1.807, 2.05) is 0 Å². The van der Waals surface area contributed by atoms with Crippen LogP contribution in [0, 0.1) is 5.92 Å². The van der Waals surface area contributed by atoms with Gasteiger partial charge in [-0.05, 0) is 6.42 Å². The van der Waals surface area contributed by atoms with E-state index < -0.39 is 0 Å². The molecule has 1 heterocycles. The highest BCUT2D eigenvalue weighted by atomic mass is 16.6. The Balaban J connectivity index is 1.90. The Hall–Kier alpha value is -0.610. The lowest BCUT2D eigenvalue weighted by Gasteiger charge is -2.14. The van der Waals surface area contributed by atoms with E-state index in [0.29, 0.717) is 0 Å². The van der Waals surface area contributed by atoms with Crippen molar-refractivity contribution >= 4 is 5.91 Å². The second kappa shape index (κ2) is 2.71. The number of epoxide rings is 1. The summed E-state index contributed by atoms with van der Waals surface area (Å²) in [5.74, 6) is 0.208. The highest BCUT2D eigenvalue weighted by Crippen LogP contribution is 2.42. The molecule has 4 unspecified atom stereocenters. The number of carbonyl (C=O) groups is 1. The molecule has 0 aromatic heterocycles. The van der Waals surface area contributed by atoms with Crippen LogP contribution in [0.15, 0.2) is 0 Å². The van der Waals surface area contributed by atoms with Crippen LogP contribution in [0.3, 0.4) is 0 Å². The van der Waals surface area contributed by atoms with Crippen LogP contribution in [0.1, 0.15) is 13.3 Å². The molecule has 0 radical (unpaired) electrons. The standard InChI is InChI=1S/C8H13NO3/c1-4(11)9-6-2-5(3-10)7-8(6)12-7/h5-8,10H,2-3H2,1H3,(H,9,11). The first-order chi connectivity index (χ1) is 5.72. The van der Waals surface area contributed by atoms with Crippen molar-refractivity contribution in [2.24, 2.45) is 5.92 Å². The second-order valence-corrected chi connectivity index (χ2v) is 3.55. The molecule has 68 valence electrons. The molecule has 4 nitrogen and oxygen atoms in total. The van der Waals surface area contributed by atoms with Crippen molar-refractivity contribution in [2.45, 2.75) is 31.6 Å². The lowest BCUT2D eigenvalue weighted by Crippen LogP contribution is -2.35. The normalized spacial score (nSPS) is 43.8. The van der Waals surface area contributed by atoms with Gasteiger partial charge in [-0.1, -0.05) is 0 Å². The molecular formula is C8H13NO3. The zero-order valence-electron chi connectivity index (χ0n) is 6.99. The van der Waals surface area contributed by atoms with Gasteiger partial charge in [0.1, 0.15) is 6.10 Å². The molecular weight excluding hydrogens is 158 g/mol. The van der Waals surface area contributed by atoms with Gasteiger partial charge in [-0.3, -0.25) is 4.79 Å². The van der Waals surface area contributed by atoms with Crippen LogP contribution in [0.5, 0.6) is 0 Å². The number of ether oxygens (including phenoxy) is 1. The third kappa shape index (κ3) is 1.21. The summed E-state index contributed by atoms with van der Waals surface area (Å²) >= 11 is 0. The Morgan fingerprint density at radius 1 is 1.67 bits per heavy atom. The van der Waals surface area contributed by atoms with Gasteiger partial charge in [0.2, 0.25) is 5.91 Å². The molecule has 1 aliphatic carbocycles. The number of hydrogen-bond acceptors (Lipinski definition) is 3. The van der Waals surface area contributed by atoms with E-state index in [9.17, 15) is 4.79 Å². The highest BCUT2D eigenvalue weighted by Gasteiger charge is 2.56. The van der Waals surface area contributed by atoms with E-state index in [4.69, 9.17) is 9.84 Å². The number of carbonyl (C=O) groups excluding carboxylic acids is 1. The predicted octanol–water partition coefficient (Wildman–Crippen LogP) is -0.729. The summed E-state index contributed by atoms with van der Waals surface area (Å²) in [6, 6.07) is 0.129. The molecule has 0 bridgehead atoms. The minimum Gasteiger partial charge on any atom is -0.396 e. The molecule has 1 aliphatic heterocycles. The molecule has 12 heavy (non-hydrogen) atoms. The second-order valence-electron chi connectivity index (χ2n) is 3.55. The fourth-order valence-electron chi connectivity index (χ4n) is 2.01. The van der Waals surface area contributed by atoms with Crippen LogP contribution < -0.4 is 5.32 Å². The van der Waals surface area contributed by atoms with Gasteiger partial charge in [0.25, 0.3) is 0 Å². The lowest BCUT2D eigenvalue weighted by atomic mass is 10.1. The number of fused-ring (bicyclic) bond motifs is 1. The molecule has 0 aromatic rings. The fourth-order valence-corrected chi connectivity index (χ4v) is 2.01. The first kappa shape index (κ1) is 8.01. The van der Waals surface area contributed by atoms with E-state index in [-0.39, 0.29) is 36.7 Å². The minimum atomic E-state index is -0.0205. The molecule has 4 heteroatoms. The van der Waals surface area contributed by atoms with E-state index in [2.05, 4.69) is 5.32 Å². The SMILES string of the molecule is CC(=O)NC1CC(CO)C2OC12. The van der Waals surface area contributed by atoms with E-state index >= 15 is 0 Å². The molecule has 2 fully saturated rings. The third-order valence-corrected chi connectivity index (χ3v) is 2.60. The minimum absolute atomic E-state index is 0.0205. The Morgan fingerprint density at radius 3 is 2.92 bits per heavy atom. The van der Waals surface area contributed by atoms with Gasteiger partial charge in [0.15, 0.2) is 0 Å². The van der Waals surface area contributed by atoms with Crippen LogP contribution in [0.2, 0.25) is 0 Å². The smallest absolute Gasteiger partial charge is 0.217 e. The Bertz CT molecular complexity index is 206. The number of aliphatic hydroxyl groups is 1. The van der Waals surface area contributed by atoms with E-state index in [0.717, 1.165) is 6.42 Å². The fraction of sp³-hybridized carbons (Fsp3) is 0.875. The highest BCUT2D eigenvalue weighted by molar-refractivity contribution is 5.73.